The lowest BCUT2D eigenvalue weighted by Gasteiger charge is -2.37. The molecule has 2 saturated heterocycles. The van der Waals surface area contributed by atoms with Gasteiger partial charge in [0.15, 0.2) is 0 Å². The van der Waals surface area contributed by atoms with Crippen LogP contribution < -0.4 is 10.5 Å². The Bertz CT molecular complexity index is 432. The number of anilines is 1. The number of ether oxygens (including phenoxy) is 1. The van der Waals surface area contributed by atoms with E-state index in [1.54, 1.807) is 7.11 Å². The Labute approximate surface area is 109 Å². The van der Waals surface area contributed by atoms with Crippen molar-refractivity contribution < 1.29 is 4.74 Å². The Morgan fingerprint density at radius 1 is 1.22 bits per heavy atom. The zero-order valence-electron chi connectivity index (χ0n) is 11.2. The summed E-state index contributed by atoms with van der Waals surface area (Å²) < 4.78 is 5.51. The predicted molar refractivity (Wildman–Crippen MR) is 74.0 cm³/mol. The molecule has 2 heterocycles. The molecular formula is C15H22N2O. The van der Waals surface area contributed by atoms with E-state index in [4.69, 9.17) is 10.5 Å². The largest absolute Gasteiger partial charge is 0.494 e. The van der Waals surface area contributed by atoms with E-state index in [1.807, 2.05) is 12.1 Å². The van der Waals surface area contributed by atoms with Gasteiger partial charge in [0.05, 0.1) is 12.8 Å². The van der Waals surface area contributed by atoms with Crippen LogP contribution in [0.2, 0.25) is 0 Å². The van der Waals surface area contributed by atoms with Gasteiger partial charge in [0, 0.05) is 12.1 Å². The van der Waals surface area contributed by atoms with Gasteiger partial charge in [-0.05, 0) is 50.3 Å². The molecular weight excluding hydrogens is 224 g/mol. The molecule has 0 amide bonds. The molecule has 2 N–H and O–H groups in total. The van der Waals surface area contributed by atoms with Gasteiger partial charge in [-0.3, -0.25) is 0 Å². The van der Waals surface area contributed by atoms with Crippen molar-refractivity contribution in [3.05, 3.63) is 23.8 Å². The summed E-state index contributed by atoms with van der Waals surface area (Å²) in [4.78, 5) is 2.56. The molecule has 1 aromatic carbocycles. The fourth-order valence-corrected chi connectivity index (χ4v) is 3.80. The van der Waals surface area contributed by atoms with Crippen molar-refractivity contribution in [2.45, 2.75) is 43.7 Å². The SMILES string of the molecule is COc1c(N)cccc1C1C[C@@H]2CC[C@@H](C1)N2C. The van der Waals surface area contributed by atoms with Crippen LogP contribution in [0.5, 0.6) is 5.75 Å². The first kappa shape index (κ1) is 11.8. The number of methoxy groups -OCH3 is 1. The van der Waals surface area contributed by atoms with Crippen LogP contribution in [0.25, 0.3) is 0 Å². The topological polar surface area (TPSA) is 38.5 Å². The van der Waals surface area contributed by atoms with Crippen molar-refractivity contribution in [2.24, 2.45) is 0 Å². The Morgan fingerprint density at radius 3 is 2.50 bits per heavy atom. The van der Waals surface area contributed by atoms with Crippen molar-refractivity contribution in [1.82, 2.24) is 4.90 Å². The number of piperidine rings is 1. The molecule has 3 nitrogen and oxygen atoms in total. The van der Waals surface area contributed by atoms with Crippen molar-refractivity contribution in [2.75, 3.05) is 19.9 Å². The molecule has 0 saturated carbocycles. The maximum absolute atomic E-state index is 6.02. The summed E-state index contributed by atoms with van der Waals surface area (Å²) in [5.74, 6) is 1.50. The van der Waals surface area contributed by atoms with Crippen molar-refractivity contribution >= 4 is 5.69 Å². The predicted octanol–water partition coefficient (Wildman–Crippen LogP) is 2.62. The van der Waals surface area contributed by atoms with Gasteiger partial charge >= 0.3 is 0 Å². The molecule has 98 valence electrons. The van der Waals surface area contributed by atoms with E-state index in [0.29, 0.717) is 5.92 Å². The van der Waals surface area contributed by atoms with E-state index in [2.05, 4.69) is 18.0 Å². The minimum Gasteiger partial charge on any atom is -0.494 e. The number of hydrogen-bond donors (Lipinski definition) is 1. The second kappa shape index (κ2) is 4.47. The normalized spacial score (nSPS) is 31.6. The summed E-state index contributed by atoms with van der Waals surface area (Å²) in [6.07, 6.45) is 5.18. The second-order valence-electron chi connectivity index (χ2n) is 5.69. The highest BCUT2D eigenvalue weighted by atomic mass is 16.5. The van der Waals surface area contributed by atoms with Gasteiger partial charge in [-0.1, -0.05) is 12.1 Å². The van der Waals surface area contributed by atoms with Crippen LogP contribution in [-0.2, 0) is 0 Å². The molecule has 0 radical (unpaired) electrons. The summed E-state index contributed by atoms with van der Waals surface area (Å²) >= 11 is 0. The fourth-order valence-electron chi connectivity index (χ4n) is 3.80. The van der Waals surface area contributed by atoms with E-state index in [-0.39, 0.29) is 0 Å². The van der Waals surface area contributed by atoms with E-state index in [9.17, 15) is 0 Å². The van der Waals surface area contributed by atoms with Gasteiger partial charge in [-0.25, -0.2) is 0 Å². The summed E-state index contributed by atoms with van der Waals surface area (Å²) in [7, 11) is 3.99. The van der Waals surface area contributed by atoms with Crippen LogP contribution in [-0.4, -0.2) is 31.1 Å². The summed E-state index contributed by atoms with van der Waals surface area (Å²) in [5.41, 5.74) is 8.09. The smallest absolute Gasteiger partial charge is 0.145 e. The van der Waals surface area contributed by atoms with Crippen LogP contribution in [0.15, 0.2) is 18.2 Å². The lowest BCUT2D eigenvalue weighted by atomic mass is 9.84. The number of benzene rings is 1. The van der Waals surface area contributed by atoms with Crippen LogP contribution in [0.1, 0.15) is 37.2 Å². The molecule has 2 aliphatic rings. The first-order valence-electron chi connectivity index (χ1n) is 6.85. The Balaban J connectivity index is 1.90. The van der Waals surface area contributed by atoms with Gasteiger partial charge in [0.1, 0.15) is 5.75 Å². The highest BCUT2D eigenvalue weighted by Crippen LogP contribution is 2.45. The third-order valence-corrected chi connectivity index (χ3v) is 4.82. The Hall–Kier alpha value is -1.22. The van der Waals surface area contributed by atoms with E-state index < -0.39 is 0 Å². The average Bonchev–Trinajstić information content (AvgIpc) is 2.61. The van der Waals surface area contributed by atoms with E-state index >= 15 is 0 Å². The number of nitrogen functional groups attached to an aromatic ring is 1. The lowest BCUT2D eigenvalue weighted by molar-refractivity contribution is 0.160. The molecule has 1 aromatic rings. The lowest BCUT2D eigenvalue weighted by Crippen LogP contribution is -2.39. The molecule has 0 spiro atoms. The number of para-hydroxylation sites is 1. The Morgan fingerprint density at radius 2 is 1.89 bits per heavy atom. The number of hydrogen-bond acceptors (Lipinski definition) is 3. The monoisotopic (exact) mass is 246 g/mol. The van der Waals surface area contributed by atoms with Crippen molar-refractivity contribution in [3.8, 4) is 5.75 Å². The quantitative estimate of drug-likeness (QED) is 0.815. The molecule has 2 aliphatic heterocycles. The van der Waals surface area contributed by atoms with Crippen molar-refractivity contribution in [3.63, 3.8) is 0 Å². The molecule has 3 rings (SSSR count). The third kappa shape index (κ3) is 1.77. The first-order valence-corrected chi connectivity index (χ1v) is 6.85. The Kier molecular flexibility index (Phi) is 2.94. The fraction of sp³-hybridized carbons (Fsp3) is 0.600. The molecule has 0 unspecified atom stereocenters. The summed E-state index contributed by atoms with van der Waals surface area (Å²) in [6.45, 7) is 0. The molecule has 3 heteroatoms. The molecule has 2 bridgehead atoms. The van der Waals surface area contributed by atoms with Crippen molar-refractivity contribution in [1.29, 1.82) is 0 Å². The zero-order valence-corrected chi connectivity index (χ0v) is 11.2. The molecule has 2 atom stereocenters. The zero-order chi connectivity index (χ0) is 12.7. The molecule has 2 fully saturated rings. The van der Waals surface area contributed by atoms with Gasteiger partial charge in [-0.15, -0.1) is 0 Å². The van der Waals surface area contributed by atoms with Gasteiger partial charge in [-0.2, -0.15) is 0 Å². The number of nitrogens with zero attached hydrogens (tertiary/aromatic N) is 1. The molecule has 0 aromatic heterocycles. The standard InChI is InChI=1S/C15H22N2O/c1-17-11-6-7-12(17)9-10(8-11)13-4-3-5-14(16)15(13)18-2/h3-5,10-12H,6-9,16H2,1-2H3/t11-,12-/m0/s1. The van der Waals surface area contributed by atoms with Gasteiger partial charge < -0.3 is 15.4 Å². The maximum Gasteiger partial charge on any atom is 0.145 e. The minimum absolute atomic E-state index is 0.608. The van der Waals surface area contributed by atoms with Crippen LogP contribution >= 0.6 is 0 Å². The van der Waals surface area contributed by atoms with Crippen LogP contribution in [0, 0.1) is 0 Å². The number of fused-ring (bicyclic) bond motifs is 2. The second-order valence-corrected chi connectivity index (χ2v) is 5.69. The van der Waals surface area contributed by atoms with E-state index in [0.717, 1.165) is 23.5 Å². The van der Waals surface area contributed by atoms with E-state index in [1.165, 1.54) is 31.2 Å². The number of nitrogens with two attached hydrogens (primary N) is 1. The summed E-state index contributed by atoms with van der Waals surface area (Å²) in [6, 6.07) is 7.66. The highest BCUT2D eigenvalue weighted by molar-refractivity contribution is 5.58. The van der Waals surface area contributed by atoms with Gasteiger partial charge in [0.25, 0.3) is 0 Å². The highest BCUT2D eigenvalue weighted by Gasteiger charge is 2.39. The van der Waals surface area contributed by atoms with Crippen LogP contribution in [0.4, 0.5) is 5.69 Å². The van der Waals surface area contributed by atoms with Crippen LogP contribution in [0.3, 0.4) is 0 Å². The summed E-state index contributed by atoms with van der Waals surface area (Å²) in [5, 5.41) is 0. The third-order valence-electron chi connectivity index (χ3n) is 4.82. The average molecular weight is 246 g/mol. The van der Waals surface area contributed by atoms with Gasteiger partial charge in [0.2, 0.25) is 0 Å². The number of rotatable bonds is 2. The first-order chi connectivity index (χ1) is 8.70. The molecule has 0 aliphatic carbocycles. The maximum atomic E-state index is 6.02. The minimum atomic E-state index is 0.608. The molecule has 18 heavy (non-hydrogen) atoms.